The highest BCUT2D eigenvalue weighted by molar-refractivity contribution is 6.35. The van der Waals surface area contributed by atoms with Crippen LogP contribution in [0.4, 0.5) is 5.69 Å². The number of fused-ring (bicyclic) bond motifs is 1. The summed E-state index contributed by atoms with van der Waals surface area (Å²) in [7, 11) is 1.32. The molecule has 0 saturated carbocycles. The molecule has 1 aliphatic heterocycles. The molecule has 6 nitrogen and oxygen atoms in total. The molecule has 4 N–H and O–H groups in total. The lowest BCUT2D eigenvalue weighted by Crippen LogP contribution is -2.42. The average molecular weight is 497 g/mol. The van der Waals surface area contributed by atoms with Crippen LogP contribution in [0, 0.1) is 11.8 Å². The van der Waals surface area contributed by atoms with Crippen molar-refractivity contribution in [3.8, 4) is 11.8 Å². The Kier molecular flexibility index (Phi) is 9.67. The van der Waals surface area contributed by atoms with Crippen molar-refractivity contribution in [1.82, 2.24) is 5.32 Å². The maximum absolute atomic E-state index is 12.8. The van der Waals surface area contributed by atoms with E-state index in [1.807, 2.05) is 24.3 Å². The lowest BCUT2D eigenvalue weighted by atomic mass is 9.92. The van der Waals surface area contributed by atoms with Gasteiger partial charge in [0.15, 0.2) is 0 Å². The summed E-state index contributed by atoms with van der Waals surface area (Å²) in [6.07, 6.45) is 1.12. The van der Waals surface area contributed by atoms with Crippen LogP contribution in [0.2, 0.25) is 10.0 Å². The molecule has 2 aromatic rings. The molecule has 0 bridgehead atoms. The van der Waals surface area contributed by atoms with Crippen LogP contribution in [-0.2, 0) is 27.2 Å². The van der Waals surface area contributed by atoms with Gasteiger partial charge in [0.1, 0.15) is 6.04 Å². The number of nitrogens with one attached hydrogen (secondary N) is 2. The molecular weight excluding hydrogens is 473 g/mol. The summed E-state index contributed by atoms with van der Waals surface area (Å²) in [6.45, 7) is 0.338. The second kappa shape index (κ2) is 12.0. The summed E-state index contributed by atoms with van der Waals surface area (Å²) in [5.74, 6) is 5.21. The van der Waals surface area contributed by atoms with E-state index in [1.165, 1.54) is 7.11 Å². The molecule has 1 aliphatic rings. The number of nitrogens with two attached hydrogens (primary N) is 1. The van der Waals surface area contributed by atoms with Crippen LogP contribution in [0.15, 0.2) is 36.4 Å². The van der Waals surface area contributed by atoms with Crippen molar-refractivity contribution in [3.63, 3.8) is 0 Å². The molecule has 0 spiro atoms. The maximum atomic E-state index is 12.8. The van der Waals surface area contributed by atoms with Gasteiger partial charge in [-0.05, 0) is 23.3 Å². The van der Waals surface area contributed by atoms with Crippen molar-refractivity contribution in [2.45, 2.75) is 31.3 Å². The minimum absolute atomic E-state index is 0. The lowest BCUT2D eigenvalue weighted by molar-refractivity contribution is -0.142. The van der Waals surface area contributed by atoms with E-state index in [0.717, 1.165) is 11.1 Å². The zero-order valence-electron chi connectivity index (χ0n) is 17.4. The number of halogens is 3. The van der Waals surface area contributed by atoms with Crippen LogP contribution >= 0.6 is 35.6 Å². The third-order valence-corrected chi connectivity index (χ3v) is 5.50. The minimum atomic E-state index is -0.619. The third kappa shape index (κ3) is 6.54. The average Bonchev–Trinajstić information content (AvgIpc) is 2.73. The van der Waals surface area contributed by atoms with Crippen LogP contribution in [0.1, 0.15) is 29.2 Å². The number of hydrogen-bond donors (Lipinski definition) is 3. The van der Waals surface area contributed by atoms with E-state index < -0.39 is 18.1 Å². The number of anilines is 1. The summed E-state index contributed by atoms with van der Waals surface area (Å²) < 4.78 is 4.86. The van der Waals surface area contributed by atoms with Gasteiger partial charge < -0.3 is 21.1 Å². The number of benzene rings is 2. The molecule has 1 amide bonds. The summed E-state index contributed by atoms with van der Waals surface area (Å²) >= 11 is 12.5. The highest BCUT2D eigenvalue weighted by atomic mass is 35.5. The number of methoxy groups -OCH3 is 1. The molecule has 0 fully saturated rings. The molecule has 0 aromatic heterocycles. The Hall–Kier alpha value is -2.43. The maximum Gasteiger partial charge on any atom is 0.328 e. The van der Waals surface area contributed by atoms with E-state index in [2.05, 4.69) is 22.5 Å². The molecule has 3 rings (SSSR count). The second-order valence-corrected chi connectivity index (χ2v) is 8.00. The zero-order chi connectivity index (χ0) is 22.4. The van der Waals surface area contributed by atoms with Crippen LogP contribution in [0.3, 0.4) is 0 Å². The van der Waals surface area contributed by atoms with Crippen molar-refractivity contribution in [1.29, 1.82) is 0 Å². The Balaban J connectivity index is 0.00000363. The molecule has 9 heteroatoms. The fourth-order valence-electron chi connectivity index (χ4n) is 3.53. The second-order valence-electron chi connectivity index (χ2n) is 7.15. The van der Waals surface area contributed by atoms with Crippen LogP contribution < -0.4 is 16.4 Å². The summed E-state index contributed by atoms with van der Waals surface area (Å²) in [5.41, 5.74) is 8.60. The van der Waals surface area contributed by atoms with E-state index in [1.54, 1.807) is 12.1 Å². The molecule has 170 valence electrons. The van der Waals surface area contributed by atoms with Crippen molar-refractivity contribution < 1.29 is 14.3 Å². The van der Waals surface area contributed by atoms with E-state index >= 15 is 0 Å². The van der Waals surface area contributed by atoms with Gasteiger partial charge >= 0.3 is 5.97 Å². The van der Waals surface area contributed by atoms with Gasteiger partial charge in [-0.2, -0.15) is 0 Å². The Bertz CT molecular complexity index is 1030. The smallest absolute Gasteiger partial charge is 0.328 e. The largest absolute Gasteiger partial charge is 0.467 e. The Labute approximate surface area is 203 Å². The van der Waals surface area contributed by atoms with Crippen molar-refractivity contribution in [3.05, 3.63) is 63.1 Å². The number of carbonyl (C=O) groups is 2. The van der Waals surface area contributed by atoms with Crippen molar-refractivity contribution >= 4 is 53.2 Å². The van der Waals surface area contributed by atoms with Gasteiger partial charge in [0.2, 0.25) is 5.91 Å². The first-order valence-electron chi connectivity index (χ1n) is 9.77. The first-order chi connectivity index (χ1) is 14.9. The fourth-order valence-corrected chi connectivity index (χ4v) is 4.15. The lowest BCUT2D eigenvalue weighted by Gasteiger charge is -2.33. The topological polar surface area (TPSA) is 93.5 Å². The highest BCUT2D eigenvalue weighted by Gasteiger charge is 2.34. The molecule has 32 heavy (non-hydrogen) atoms. The summed E-state index contributed by atoms with van der Waals surface area (Å²) in [4.78, 5) is 24.9. The van der Waals surface area contributed by atoms with E-state index in [9.17, 15) is 9.59 Å². The quantitative estimate of drug-likeness (QED) is 0.434. The van der Waals surface area contributed by atoms with Crippen LogP contribution in [0.25, 0.3) is 0 Å². The molecular formula is C23H24Cl3N3O3. The van der Waals surface area contributed by atoms with E-state index in [0.29, 0.717) is 40.7 Å². The van der Waals surface area contributed by atoms with Gasteiger partial charge in [-0.1, -0.05) is 59.3 Å². The number of esters is 1. The number of rotatable bonds is 5. The van der Waals surface area contributed by atoms with Crippen molar-refractivity contribution in [2.75, 3.05) is 19.0 Å². The van der Waals surface area contributed by atoms with E-state index in [-0.39, 0.29) is 24.7 Å². The summed E-state index contributed by atoms with van der Waals surface area (Å²) in [6, 6.07) is 9.92. The fraction of sp³-hybridized carbons (Fsp3) is 0.304. The molecule has 0 saturated heterocycles. The molecule has 0 unspecified atom stereocenters. The van der Waals surface area contributed by atoms with Gasteiger partial charge in [0.05, 0.1) is 26.1 Å². The first-order valence-corrected chi connectivity index (χ1v) is 10.5. The Morgan fingerprint density at radius 1 is 1.19 bits per heavy atom. The number of carbonyl (C=O) groups excluding carboxylic acids is 2. The standard InChI is InChI=1S/C23H23Cl2N3O3.ClH/c1-31-23(30)20-13-19(22-17(25)11-16(24)12-18(22)27-20)28-21(29)10-15-7-5-14(6-8-15)4-2-3-9-26;/h5-8,11-12,19-20,27H,4,9-10,13,26H2,1H3,(H,28,29);1H/t19-,20+;/m0./s1. The molecule has 0 aliphatic carbocycles. The first kappa shape index (κ1) is 25.8. The minimum Gasteiger partial charge on any atom is -0.467 e. The predicted octanol–water partition coefficient (Wildman–Crippen LogP) is 3.68. The number of amides is 1. The van der Waals surface area contributed by atoms with Gasteiger partial charge in [0, 0.05) is 34.1 Å². The SMILES string of the molecule is COC(=O)[C@H]1C[C@H](NC(=O)Cc2ccc(CC#CCN)cc2)c2c(Cl)cc(Cl)cc2N1.Cl. The third-order valence-electron chi connectivity index (χ3n) is 4.97. The monoisotopic (exact) mass is 495 g/mol. The van der Waals surface area contributed by atoms with Crippen LogP contribution in [0.5, 0.6) is 0 Å². The molecule has 2 atom stereocenters. The van der Waals surface area contributed by atoms with Gasteiger partial charge in [0.25, 0.3) is 0 Å². The Morgan fingerprint density at radius 3 is 2.53 bits per heavy atom. The Morgan fingerprint density at radius 2 is 1.88 bits per heavy atom. The van der Waals surface area contributed by atoms with Gasteiger partial charge in [-0.25, -0.2) is 4.79 Å². The van der Waals surface area contributed by atoms with Gasteiger partial charge in [-0.3, -0.25) is 4.79 Å². The van der Waals surface area contributed by atoms with E-state index in [4.69, 9.17) is 33.7 Å². The number of ether oxygens (including phenoxy) is 1. The number of hydrogen-bond acceptors (Lipinski definition) is 5. The van der Waals surface area contributed by atoms with Crippen molar-refractivity contribution in [2.24, 2.45) is 5.73 Å². The predicted molar refractivity (Wildman–Crippen MR) is 129 cm³/mol. The van der Waals surface area contributed by atoms with Gasteiger partial charge in [-0.15, -0.1) is 12.4 Å². The normalized spacial score (nSPS) is 16.4. The highest BCUT2D eigenvalue weighted by Crippen LogP contribution is 2.40. The summed E-state index contributed by atoms with van der Waals surface area (Å²) in [5, 5.41) is 6.95. The molecule has 0 radical (unpaired) electrons. The van der Waals surface area contributed by atoms with Crippen LogP contribution in [-0.4, -0.2) is 31.6 Å². The molecule has 1 heterocycles. The molecule has 2 aromatic carbocycles. The zero-order valence-corrected chi connectivity index (χ0v) is 19.7.